The number of piperidine rings is 1. The van der Waals surface area contributed by atoms with Crippen LogP contribution in [0.25, 0.3) is 0 Å². The summed E-state index contributed by atoms with van der Waals surface area (Å²) in [5.74, 6) is 1.36. The van der Waals surface area contributed by atoms with Crippen LogP contribution < -0.4 is 10.2 Å². The normalized spacial score (nSPS) is 21.3. The van der Waals surface area contributed by atoms with Crippen LogP contribution in [0.1, 0.15) is 67.7 Å². The second-order valence-corrected chi connectivity index (χ2v) is 15.3. The number of rotatable bonds is 10. The van der Waals surface area contributed by atoms with Gasteiger partial charge in [0, 0.05) is 51.0 Å². The Kier molecular flexibility index (Phi) is 14.1. The Labute approximate surface area is 303 Å². The fourth-order valence-corrected chi connectivity index (χ4v) is 9.53. The van der Waals surface area contributed by atoms with Gasteiger partial charge < -0.3 is 29.7 Å². The summed E-state index contributed by atoms with van der Waals surface area (Å²) in [6.07, 6.45) is 11.1. The molecule has 2 unspecified atom stereocenters. The number of carbonyl (C=O) groups is 3. The van der Waals surface area contributed by atoms with Crippen molar-refractivity contribution in [2.75, 3.05) is 50.1 Å². The van der Waals surface area contributed by atoms with Crippen molar-refractivity contribution in [1.29, 1.82) is 0 Å². The Bertz CT molecular complexity index is 1570. The first-order valence-electron chi connectivity index (χ1n) is 17.3. The maximum Gasteiger partial charge on any atom is 0.290 e. The SMILES string of the molecule is CCCN1CCC2(CC1)CC(C(C1=C=C=CS1)C1CC=CS1)C2.CN(C=O)c1cccc(C(=O)Nc2ccc(C3OCCO3)cc2)c1.O=CO. The monoisotopic (exact) mass is 717 g/mol. The van der Waals surface area contributed by atoms with Crippen LogP contribution in [0.2, 0.25) is 0 Å². The van der Waals surface area contributed by atoms with Crippen LogP contribution in [-0.2, 0) is 19.1 Å². The Balaban J connectivity index is 0.000000180. The number of carboxylic acid groups (broad SMARTS) is 1. The van der Waals surface area contributed by atoms with Crippen LogP contribution in [0.15, 0.2) is 81.8 Å². The molecule has 50 heavy (non-hydrogen) atoms. The third-order valence-corrected chi connectivity index (χ3v) is 12.0. The molecule has 1 aliphatic carbocycles. The molecular formula is C39H47N3O6S2. The summed E-state index contributed by atoms with van der Waals surface area (Å²) < 4.78 is 10.9. The Morgan fingerprint density at radius 1 is 1.14 bits per heavy atom. The molecule has 2 aromatic rings. The molecule has 7 rings (SSSR count). The summed E-state index contributed by atoms with van der Waals surface area (Å²) >= 11 is 3.93. The van der Waals surface area contributed by atoms with Gasteiger partial charge in [-0.3, -0.25) is 14.4 Å². The van der Waals surface area contributed by atoms with E-state index in [0.717, 1.165) is 16.7 Å². The van der Waals surface area contributed by atoms with Gasteiger partial charge in [0.25, 0.3) is 12.4 Å². The van der Waals surface area contributed by atoms with E-state index in [9.17, 15) is 9.59 Å². The molecule has 1 spiro atoms. The number of carbonyl (C=O) groups excluding carboxylic acids is 2. The van der Waals surface area contributed by atoms with Gasteiger partial charge in [0.15, 0.2) is 6.29 Å². The summed E-state index contributed by atoms with van der Waals surface area (Å²) in [6, 6.07) is 14.2. The summed E-state index contributed by atoms with van der Waals surface area (Å²) in [7, 11) is 1.63. The molecule has 11 heteroatoms. The van der Waals surface area contributed by atoms with Gasteiger partial charge >= 0.3 is 0 Å². The minimum Gasteiger partial charge on any atom is -0.483 e. The summed E-state index contributed by atoms with van der Waals surface area (Å²) in [5.41, 5.74) is 10.0. The molecule has 4 aliphatic heterocycles. The lowest BCUT2D eigenvalue weighted by Gasteiger charge is -2.55. The molecule has 2 amide bonds. The highest BCUT2D eigenvalue weighted by atomic mass is 32.2. The zero-order valence-electron chi connectivity index (χ0n) is 28.8. The molecule has 9 nitrogen and oxygen atoms in total. The van der Waals surface area contributed by atoms with Crippen molar-refractivity contribution in [1.82, 2.24) is 4.90 Å². The molecule has 5 aliphatic rings. The van der Waals surface area contributed by atoms with Gasteiger partial charge in [-0.1, -0.05) is 54.4 Å². The first-order chi connectivity index (χ1) is 24.4. The molecule has 2 N–H and O–H groups in total. The van der Waals surface area contributed by atoms with Gasteiger partial charge in [-0.05, 0) is 105 Å². The lowest BCUT2D eigenvalue weighted by molar-refractivity contribution is -0.122. The van der Waals surface area contributed by atoms with Crippen LogP contribution >= 0.6 is 23.5 Å². The first-order valence-corrected chi connectivity index (χ1v) is 19.1. The van der Waals surface area contributed by atoms with Crippen LogP contribution in [0.3, 0.4) is 0 Å². The highest BCUT2D eigenvalue weighted by Crippen LogP contribution is 2.59. The zero-order valence-corrected chi connectivity index (χ0v) is 30.4. The molecule has 4 heterocycles. The third-order valence-electron chi connectivity index (χ3n) is 9.95. The van der Waals surface area contributed by atoms with E-state index >= 15 is 0 Å². The zero-order chi connectivity index (χ0) is 35.3. The molecule has 1 saturated carbocycles. The topological polar surface area (TPSA) is 108 Å². The Morgan fingerprint density at radius 3 is 2.46 bits per heavy atom. The van der Waals surface area contributed by atoms with Crippen LogP contribution in [-0.4, -0.2) is 73.9 Å². The van der Waals surface area contributed by atoms with Gasteiger partial charge in [0.05, 0.1) is 13.2 Å². The van der Waals surface area contributed by atoms with Crippen molar-refractivity contribution in [2.24, 2.45) is 17.3 Å². The fraction of sp³-hybridized carbons (Fsp3) is 0.462. The van der Waals surface area contributed by atoms with Gasteiger partial charge in [-0.2, -0.15) is 0 Å². The van der Waals surface area contributed by atoms with Gasteiger partial charge in [0.2, 0.25) is 6.41 Å². The first kappa shape index (κ1) is 37.7. The lowest BCUT2D eigenvalue weighted by Crippen LogP contribution is -2.50. The van der Waals surface area contributed by atoms with Crippen molar-refractivity contribution in [2.45, 2.75) is 57.0 Å². The van der Waals surface area contributed by atoms with Crippen molar-refractivity contribution in [3.05, 3.63) is 92.9 Å². The van der Waals surface area contributed by atoms with E-state index in [4.69, 9.17) is 19.4 Å². The van der Waals surface area contributed by atoms with E-state index in [0.29, 0.717) is 47.9 Å². The summed E-state index contributed by atoms with van der Waals surface area (Å²) in [4.78, 5) is 37.1. The third kappa shape index (κ3) is 9.83. The van der Waals surface area contributed by atoms with E-state index in [1.165, 1.54) is 68.0 Å². The smallest absolute Gasteiger partial charge is 0.290 e. The van der Waals surface area contributed by atoms with Crippen molar-refractivity contribution >= 4 is 53.7 Å². The highest BCUT2D eigenvalue weighted by Gasteiger charge is 2.50. The number of anilines is 2. The number of nitrogens with one attached hydrogen (secondary N) is 1. The molecular weight excluding hydrogens is 671 g/mol. The molecule has 2 saturated heterocycles. The molecule has 0 radical (unpaired) electrons. The Morgan fingerprint density at radius 2 is 1.86 bits per heavy atom. The number of benzene rings is 2. The average molecular weight is 718 g/mol. The van der Waals surface area contributed by atoms with Gasteiger partial charge in [-0.25, -0.2) is 0 Å². The minimum absolute atomic E-state index is 0.239. The molecule has 266 valence electrons. The maximum absolute atomic E-state index is 12.4. The number of nitrogens with zero attached hydrogens (tertiary/aromatic N) is 2. The maximum atomic E-state index is 12.4. The van der Waals surface area contributed by atoms with Crippen molar-refractivity contribution < 1.29 is 29.0 Å². The molecule has 2 aromatic carbocycles. The highest BCUT2D eigenvalue weighted by molar-refractivity contribution is 8.06. The second kappa shape index (κ2) is 18.6. The number of hydrogen-bond donors (Lipinski definition) is 2. The van der Waals surface area contributed by atoms with E-state index in [1.807, 2.05) is 23.9 Å². The number of hydrogen-bond acceptors (Lipinski definition) is 8. The Hall–Kier alpha value is -3.53. The predicted molar refractivity (Wildman–Crippen MR) is 201 cm³/mol. The van der Waals surface area contributed by atoms with Crippen LogP contribution in [0, 0.1) is 17.3 Å². The van der Waals surface area contributed by atoms with Crippen LogP contribution in [0.4, 0.5) is 11.4 Å². The standard InChI is InChI=1S/C20H27NS2.C18H18N2O4.CH2O2/c1-2-9-21-10-7-20(8-11-21)14-16(15-20)19(17-5-3-12-22-17)18-6-4-13-23-18;1-20(12-21)16-4-2-3-14(11-16)17(22)19-15-7-5-13(6-8-15)18-23-9-10-24-18;2-1-3/h3,12-13,16-17,19H,2,5,7-11,14-15H2,1H3;2-8,11-12,18H,9-10H2,1H3,(H,19,22);1H,(H,2,3). The van der Waals surface area contributed by atoms with Crippen molar-refractivity contribution in [3.8, 4) is 0 Å². The second-order valence-electron chi connectivity index (χ2n) is 13.2. The number of ether oxygens (including phenoxy) is 2. The molecule has 0 bridgehead atoms. The van der Waals surface area contributed by atoms with E-state index in [-0.39, 0.29) is 18.7 Å². The fourth-order valence-electron chi connectivity index (χ4n) is 7.39. The van der Waals surface area contributed by atoms with E-state index in [1.54, 1.807) is 43.4 Å². The van der Waals surface area contributed by atoms with Crippen molar-refractivity contribution in [3.63, 3.8) is 0 Å². The van der Waals surface area contributed by atoms with Crippen LogP contribution in [0.5, 0.6) is 0 Å². The predicted octanol–water partition coefficient (Wildman–Crippen LogP) is 7.70. The minimum atomic E-state index is -0.328. The quantitative estimate of drug-likeness (QED) is 0.189. The number of thioether (sulfide) groups is 2. The molecule has 3 fully saturated rings. The lowest BCUT2D eigenvalue weighted by atomic mass is 9.54. The average Bonchev–Trinajstić information content (AvgIpc) is 3.95. The largest absolute Gasteiger partial charge is 0.483 e. The summed E-state index contributed by atoms with van der Waals surface area (Å²) in [6.45, 7) is 7.21. The van der Waals surface area contributed by atoms with E-state index in [2.05, 4.69) is 57.3 Å². The molecule has 2 atom stereocenters. The number of likely N-dealkylation sites (tertiary alicyclic amines) is 1. The number of amides is 2. The summed E-state index contributed by atoms with van der Waals surface area (Å²) in [5, 5.41) is 14.9. The van der Waals surface area contributed by atoms with E-state index < -0.39 is 0 Å². The molecule has 0 aromatic heterocycles. The van der Waals surface area contributed by atoms with Gasteiger partial charge in [0.1, 0.15) is 0 Å². The number of allylic oxidation sites excluding steroid dienone is 2. The van der Waals surface area contributed by atoms with Gasteiger partial charge in [-0.15, -0.1) is 11.8 Å².